The van der Waals surface area contributed by atoms with E-state index in [2.05, 4.69) is 24.4 Å². The Morgan fingerprint density at radius 2 is 2.05 bits per heavy atom. The fourth-order valence-electron chi connectivity index (χ4n) is 3.03. The zero-order chi connectivity index (χ0) is 13.5. The van der Waals surface area contributed by atoms with Gasteiger partial charge in [0.1, 0.15) is 11.4 Å². The van der Waals surface area contributed by atoms with E-state index in [9.17, 15) is 4.79 Å². The van der Waals surface area contributed by atoms with Crippen molar-refractivity contribution < 1.29 is 4.79 Å². The van der Waals surface area contributed by atoms with Crippen LogP contribution in [-0.2, 0) is 6.42 Å². The number of carbonyl (C=O) groups excluding carboxylic acids is 1. The molecule has 1 saturated heterocycles. The maximum Gasteiger partial charge on any atom is 0.323 e. The maximum atomic E-state index is 12.1. The van der Waals surface area contributed by atoms with Crippen LogP contribution in [0.5, 0.6) is 0 Å². The molecule has 2 N–H and O–H groups in total. The fourth-order valence-corrected chi connectivity index (χ4v) is 3.03. The second-order valence-corrected chi connectivity index (χ2v) is 5.45. The van der Waals surface area contributed by atoms with Gasteiger partial charge in [0.05, 0.1) is 0 Å². The molecule has 1 aliphatic heterocycles. The first-order chi connectivity index (χ1) is 9.17. The van der Waals surface area contributed by atoms with Crippen LogP contribution in [0.4, 0.5) is 4.79 Å². The van der Waals surface area contributed by atoms with Crippen molar-refractivity contribution in [3.63, 3.8) is 0 Å². The molecule has 3 rings (SSSR count). The number of urea groups is 1. The monoisotopic (exact) mass is 257 g/mol. The van der Waals surface area contributed by atoms with Crippen LogP contribution in [0.25, 0.3) is 0 Å². The summed E-state index contributed by atoms with van der Waals surface area (Å²) in [4.78, 5) is 14.0. The van der Waals surface area contributed by atoms with Crippen molar-refractivity contribution in [2.45, 2.75) is 44.2 Å². The highest BCUT2D eigenvalue weighted by molar-refractivity contribution is 6.08. The topological polar surface area (TPSA) is 56.2 Å². The molecule has 0 bridgehead atoms. The summed E-state index contributed by atoms with van der Waals surface area (Å²) < 4.78 is 0. The van der Waals surface area contributed by atoms with E-state index in [1.807, 2.05) is 23.1 Å². The Hall–Kier alpha value is -1.84. The molecule has 0 spiro atoms. The van der Waals surface area contributed by atoms with E-state index in [-0.39, 0.29) is 6.03 Å². The van der Waals surface area contributed by atoms with Gasteiger partial charge in [0.15, 0.2) is 0 Å². The Balaban J connectivity index is 1.95. The predicted molar refractivity (Wildman–Crippen MR) is 74.3 cm³/mol. The van der Waals surface area contributed by atoms with E-state index in [4.69, 9.17) is 5.41 Å². The summed E-state index contributed by atoms with van der Waals surface area (Å²) in [5.41, 5.74) is 0.704. The molecule has 2 amide bonds. The maximum absolute atomic E-state index is 12.1. The van der Waals surface area contributed by atoms with Crippen LogP contribution in [0.3, 0.4) is 0 Å². The molecule has 2 fully saturated rings. The van der Waals surface area contributed by atoms with Crippen LogP contribution in [0.15, 0.2) is 30.3 Å². The van der Waals surface area contributed by atoms with E-state index in [0.717, 1.165) is 25.7 Å². The first-order valence-electron chi connectivity index (χ1n) is 6.90. The number of hydrogen-bond donors (Lipinski definition) is 2. The number of nitrogens with zero attached hydrogens (tertiary/aromatic N) is 1. The van der Waals surface area contributed by atoms with Crippen molar-refractivity contribution in [2.75, 3.05) is 0 Å². The average Bonchev–Trinajstić information content (AvgIpc) is 3.19. The number of hydrogen-bond acceptors (Lipinski definition) is 2. The number of nitrogens with one attached hydrogen (secondary N) is 2. The summed E-state index contributed by atoms with van der Waals surface area (Å²) >= 11 is 0. The largest absolute Gasteiger partial charge is 0.323 e. The first-order valence-corrected chi connectivity index (χ1v) is 6.90. The van der Waals surface area contributed by atoms with Gasteiger partial charge in [0.25, 0.3) is 0 Å². The molecular formula is C15H19N3O. The number of amidine groups is 1. The summed E-state index contributed by atoms with van der Waals surface area (Å²) in [6, 6.07) is 10.4. The van der Waals surface area contributed by atoms with Gasteiger partial charge in [-0.3, -0.25) is 10.7 Å². The summed E-state index contributed by atoms with van der Waals surface area (Å²) in [6.07, 6.45) is 3.63. The highest BCUT2D eigenvalue weighted by Crippen LogP contribution is 2.39. The lowest BCUT2D eigenvalue weighted by molar-refractivity contribution is 0.164. The Morgan fingerprint density at radius 1 is 1.37 bits per heavy atom. The lowest BCUT2D eigenvalue weighted by atomic mass is 9.86. The van der Waals surface area contributed by atoms with Crippen molar-refractivity contribution in [3.05, 3.63) is 35.9 Å². The van der Waals surface area contributed by atoms with Crippen molar-refractivity contribution in [1.82, 2.24) is 10.2 Å². The number of benzene rings is 1. The zero-order valence-electron chi connectivity index (χ0n) is 11.1. The third-order valence-corrected chi connectivity index (χ3v) is 4.21. The quantitative estimate of drug-likeness (QED) is 0.855. The van der Waals surface area contributed by atoms with Gasteiger partial charge in [0.2, 0.25) is 0 Å². The standard InChI is InChI=1S/C15H19N3O/c1-2-15(10-11-6-4-3-5-7-11)13(16)17-14(19)18(15)12-8-9-12/h3-7,12H,2,8-10H2,1H3,(H2,16,17,19). The van der Waals surface area contributed by atoms with E-state index in [1.54, 1.807) is 0 Å². The molecule has 1 aromatic rings. The Kier molecular flexibility index (Phi) is 2.81. The second kappa shape index (κ2) is 4.37. The molecule has 1 unspecified atom stereocenters. The molecule has 0 radical (unpaired) electrons. The molecule has 19 heavy (non-hydrogen) atoms. The smallest absolute Gasteiger partial charge is 0.308 e. The van der Waals surface area contributed by atoms with Crippen LogP contribution in [0.1, 0.15) is 31.7 Å². The first kappa shape index (κ1) is 12.2. The van der Waals surface area contributed by atoms with Crippen molar-refractivity contribution in [1.29, 1.82) is 5.41 Å². The lowest BCUT2D eigenvalue weighted by Gasteiger charge is -2.36. The second-order valence-electron chi connectivity index (χ2n) is 5.45. The predicted octanol–water partition coefficient (Wildman–Crippen LogP) is 2.54. The lowest BCUT2D eigenvalue weighted by Crippen LogP contribution is -2.51. The van der Waals surface area contributed by atoms with Crippen LogP contribution < -0.4 is 5.32 Å². The van der Waals surface area contributed by atoms with E-state index < -0.39 is 5.54 Å². The minimum absolute atomic E-state index is 0.0923. The van der Waals surface area contributed by atoms with Gasteiger partial charge in [-0.05, 0) is 24.8 Å². The van der Waals surface area contributed by atoms with Gasteiger partial charge in [-0.25, -0.2) is 4.79 Å². The normalized spacial score (nSPS) is 26.7. The number of rotatable bonds is 4. The van der Waals surface area contributed by atoms with Crippen molar-refractivity contribution >= 4 is 11.9 Å². The Labute approximate surface area is 113 Å². The highest BCUT2D eigenvalue weighted by Gasteiger charge is 2.54. The summed E-state index contributed by atoms with van der Waals surface area (Å²) in [6.45, 7) is 2.06. The molecule has 100 valence electrons. The summed E-state index contributed by atoms with van der Waals surface area (Å²) in [5.74, 6) is 0.357. The molecule has 0 aromatic heterocycles. The SMILES string of the molecule is CCC1(Cc2ccccc2)C(=N)NC(=O)N1C1CC1. The molecule has 1 saturated carbocycles. The van der Waals surface area contributed by atoms with Crippen molar-refractivity contribution in [3.8, 4) is 0 Å². The molecule has 2 aliphatic rings. The Bertz CT molecular complexity index is 509. The third kappa shape index (κ3) is 1.91. The number of amides is 2. The van der Waals surface area contributed by atoms with Gasteiger partial charge >= 0.3 is 6.03 Å². The van der Waals surface area contributed by atoms with Gasteiger partial charge < -0.3 is 4.90 Å². The summed E-state index contributed by atoms with van der Waals surface area (Å²) in [7, 11) is 0. The van der Waals surface area contributed by atoms with Gasteiger partial charge in [-0.15, -0.1) is 0 Å². The van der Waals surface area contributed by atoms with Crippen LogP contribution >= 0.6 is 0 Å². The van der Waals surface area contributed by atoms with Gasteiger partial charge in [-0.2, -0.15) is 0 Å². The van der Waals surface area contributed by atoms with E-state index in [1.165, 1.54) is 5.56 Å². The van der Waals surface area contributed by atoms with E-state index >= 15 is 0 Å². The zero-order valence-corrected chi connectivity index (χ0v) is 11.1. The van der Waals surface area contributed by atoms with Crippen LogP contribution in [0.2, 0.25) is 0 Å². The van der Waals surface area contributed by atoms with Crippen LogP contribution in [0, 0.1) is 5.41 Å². The van der Waals surface area contributed by atoms with Gasteiger partial charge in [0, 0.05) is 12.5 Å². The molecular weight excluding hydrogens is 238 g/mol. The molecule has 1 aliphatic carbocycles. The molecule has 4 heteroatoms. The third-order valence-electron chi connectivity index (χ3n) is 4.21. The molecule has 4 nitrogen and oxygen atoms in total. The van der Waals surface area contributed by atoms with Crippen LogP contribution in [-0.4, -0.2) is 28.3 Å². The molecule has 1 atom stereocenters. The van der Waals surface area contributed by atoms with Gasteiger partial charge in [-0.1, -0.05) is 37.3 Å². The minimum atomic E-state index is -0.473. The minimum Gasteiger partial charge on any atom is -0.308 e. The molecule has 1 heterocycles. The Morgan fingerprint density at radius 3 is 2.63 bits per heavy atom. The average molecular weight is 257 g/mol. The summed E-state index contributed by atoms with van der Waals surface area (Å²) in [5, 5.41) is 10.9. The molecule has 1 aromatic carbocycles. The highest BCUT2D eigenvalue weighted by atomic mass is 16.2. The van der Waals surface area contributed by atoms with E-state index in [0.29, 0.717) is 11.9 Å². The van der Waals surface area contributed by atoms with Crippen molar-refractivity contribution in [2.24, 2.45) is 0 Å². The number of carbonyl (C=O) groups is 1. The fraction of sp³-hybridized carbons (Fsp3) is 0.467.